The fraction of sp³-hybridized carbons (Fsp3) is 0.190. The summed E-state index contributed by atoms with van der Waals surface area (Å²) in [7, 11) is 0. The number of hydrogen-bond donors (Lipinski definition) is 2. The van der Waals surface area contributed by atoms with Gasteiger partial charge < -0.3 is 10.6 Å². The second-order valence-electron chi connectivity index (χ2n) is 6.47. The van der Waals surface area contributed by atoms with E-state index in [2.05, 4.69) is 46.6 Å². The van der Waals surface area contributed by atoms with E-state index in [1.54, 1.807) is 0 Å². The molecule has 0 aliphatic rings. The third-order valence-electron chi connectivity index (χ3n) is 4.14. The third kappa shape index (κ3) is 4.25. The van der Waals surface area contributed by atoms with Gasteiger partial charge in [0.05, 0.1) is 5.56 Å². The molecule has 0 saturated heterocycles. The molecule has 132 valence electrons. The van der Waals surface area contributed by atoms with E-state index in [9.17, 15) is 4.79 Å². The number of nitrogens with one attached hydrogen (secondary N) is 2. The summed E-state index contributed by atoms with van der Waals surface area (Å²) in [5.74, 6) is 0.716. The van der Waals surface area contributed by atoms with E-state index in [0.29, 0.717) is 17.4 Å². The highest BCUT2D eigenvalue weighted by molar-refractivity contribution is 6.04. The highest BCUT2D eigenvalue weighted by Crippen LogP contribution is 2.19. The molecule has 0 aliphatic heterocycles. The summed E-state index contributed by atoms with van der Waals surface area (Å²) in [5, 5.41) is 6.01. The van der Waals surface area contributed by atoms with Crippen LogP contribution in [-0.2, 0) is 0 Å². The van der Waals surface area contributed by atoms with Gasteiger partial charge in [-0.15, -0.1) is 0 Å². The van der Waals surface area contributed by atoms with Gasteiger partial charge in [0, 0.05) is 23.8 Å². The number of hydrogen-bond acceptors (Lipinski definition) is 4. The smallest absolute Gasteiger partial charge is 0.258 e. The van der Waals surface area contributed by atoms with Crippen LogP contribution in [0, 0.1) is 6.92 Å². The molecule has 5 nitrogen and oxygen atoms in total. The quantitative estimate of drug-likeness (QED) is 0.689. The Bertz CT molecular complexity index is 887. The number of aryl methyl sites for hydroxylation is 1. The summed E-state index contributed by atoms with van der Waals surface area (Å²) in [6.45, 7) is 6.27. The maximum Gasteiger partial charge on any atom is 0.258 e. The first-order chi connectivity index (χ1) is 12.5. The van der Waals surface area contributed by atoms with Gasteiger partial charge in [-0.25, -0.2) is 9.97 Å². The lowest BCUT2D eigenvalue weighted by atomic mass is 10.0. The van der Waals surface area contributed by atoms with Crippen LogP contribution in [0.1, 0.15) is 41.3 Å². The number of anilines is 3. The Kier molecular flexibility index (Phi) is 5.27. The number of amides is 1. The zero-order valence-electron chi connectivity index (χ0n) is 15.2. The van der Waals surface area contributed by atoms with Crippen LogP contribution in [0.2, 0.25) is 0 Å². The van der Waals surface area contributed by atoms with Crippen molar-refractivity contribution in [2.45, 2.75) is 26.7 Å². The molecular weight excluding hydrogens is 324 g/mol. The average molecular weight is 346 g/mol. The Morgan fingerprint density at radius 2 is 1.62 bits per heavy atom. The topological polar surface area (TPSA) is 66.9 Å². The maximum absolute atomic E-state index is 12.3. The molecule has 26 heavy (non-hydrogen) atoms. The van der Waals surface area contributed by atoms with Crippen molar-refractivity contribution < 1.29 is 4.79 Å². The summed E-state index contributed by atoms with van der Waals surface area (Å²) < 4.78 is 0. The number of carbonyl (C=O) groups is 1. The van der Waals surface area contributed by atoms with Gasteiger partial charge in [0.15, 0.2) is 0 Å². The minimum absolute atomic E-state index is 0.230. The first-order valence-corrected chi connectivity index (χ1v) is 8.59. The van der Waals surface area contributed by atoms with Crippen LogP contribution in [-0.4, -0.2) is 15.9 Å². The van der Waals surface area contributed by atoms with Gasteiger partial charge in [-0.3, -0.25) is 4.79 Å². The van der Waals surface area contributed by atoms with Crippen LogP contribution in [0.3, 0.4) is 0 Å². The van der Waals surface area contributed by atoms with Crippen LogP contribution >= 0.6 is 0 Å². The van der Waals surface area contributed by atoms with E-state index >= 15 is 0 Å². The summed E-state index contributed by atoms with van der Waals surface area (Å²) in [6, 6.07) is 15.8. The number of nitrogens with zero attached hydrogens (tertiary/aromatic N) is 2. The highest BCUT2D eigenvalue weighted by Gasteiger charge is 2.09. The van der Waals surface area contributed by atoms with Crippen molar-refractivity contribution in [3.8, 4) is 0 Å². The summed E-state index contributed by atoms with van der Waals surface area (Å²) in [5.41, 5.74) is 4.38. The van der Waals surface area contributed by atoms with E-state index in [4.69, 9.17) is 0 Å². The molecular formula is C21H22N4O. The van der Waals surface area contributed by atoms with Gasteiger partial charge in [0.25, 0.3) is 5.91 Å². The molecule has 1 amide bonds. The van der Waals surface area contributed by atoms with Crippen LogP contribution in [0.5, 0.6) is 0 Å². The fourth-order valence-electron chi connectivity index (χ4n) is 2.50. The van der Waals surface area contributed by atoms with Crippen molar-refractivity contribution in [2.24, 2.45) is 0 Å². The zero-order valence-corrected chi connectivity index (χ0v) is 15.2. The van der Waals surface area contributed by atoms with Crippen molar-refractivity contribution in [1.82, 2.24) is 9.97 Å². The lowest BCUT2D eigenvalue weighted by Gasteiger charge is -2.09. The van der Waals surface area contributed by atoms with Crippen molar-refractivity contribution in [1.29, 1.82) is 0 Å². The van der Waals surface area contributed by atoms with Crippen LogP contribution in [0.4, 0.5) is 17.3 Å². The van der Waals surface area contributed by atoms with Gasteiger partial charge in [0.2, 0.25) is 5.95 Å². The molecule has 1 heterocycles. The predicted octanol–water partition coefficient (Wildman–Crippen LogP) is 4.90. The maximum atomic E-state index is 12.3. The standard InChI is InChI=1S/C21H22N4O/c1-14(2)16-8-10-18(11-9-16)24-21-22-12-17(13-23-21)20(26)25-19-7-5-4-6-15(19)3/h4-14H,1-3H3,(H,25,26)(H,22,23,24). The van der Waals surface area contributed by atoms with E-state index in [1.165, 1.54) is 18.0 Å². The molecule has 5 heteroatoms. The highest BCUT2D eigenvalue weighted by atomic mass is 16.1. The molecule has 1 aromatic heterocycles. The second-order valence-corrected chi connectivity index (χ2v) is 6.47. The van der Waals surface area contributed by atoms with Gasteiger partial charge in [-0.05, 0) is 42.2 Å². The SMILES string of the molecule is Cc1ccccc1NC(=O)c1cnc(Nc2ccc(C(C)C)cc2)nc1. The van der Waals surface area contributed by atoms with E-state index in [0.717, 1.165) is 16.9 Å². The number of carbonyl (C=O) groups excluding carboxylic acids is 1. The van der Waals surface area contributed by atoms with Crippen molar-refractivity contribution >= 4 is 23.2 Å². The Labute approximate surface area is 153 Å². The monoisotopic (exact) mass is 346 g/mol. The molecule has 0 radical (unpaired) electrons. The Morgan fingerprint density at radius 1 is 0.962 bits per heavy atom. The third-order valence-corrected chi connectivity index (χ3v) is 4.14. The van der Waals surface area contributed by atoms with Gasteiger partial charge >= 0.3 is 0 Å². The Hall–Kier alpha value is -3.21. The van der Waals surface area contributed by atoms with E-state index in [1.807, 2.05) is 43.3 Å². The number of rotatable bonds is 5. The molecule has 0 fully saturated rings. The van der Waals surface area contributed by atoms with Crippen molar-refractivity contribution in [3.05, 3.63) is 77.6 Å². The minimum atomic E-state index is -0.230. The largest absolute Gasteiger partial charge is 0.324 e. The van der Waals surface area contributed by atoms with Crippen molar-refractivity contribution in [3.63, 3.8) is 0 Å². The molecule has 3 aromatic rings. The van der Waals surface area contributed by atoms with Gasteiger partial charge in [0.1, 0.15) is 0 Å². The number of aromatic nitrogens is 2. The molecule has 0 aliphatic carbocycles. The second kappa shape index (κ2) is 7.78. The Balaban J connectivity index is 1.66. The van der Waals surface area contributed by atoms with Crippen LogP contribution in [0.15, 0.2) is 60.9 Å². The lowest BCUT2D eigenvalue weighted by molar-refractivity contribution is 0.102. The van der Waals surface area contributed by atoms with Gasteiger partial charge in [-0.1, -0.05) is 44.2 Å². The van der Waals surface area contributed by atoms with E-state index in [-0.39, 0.29) is 5.91 Å². The average Bonchev–Trinajstić information content (AvgIpc) is 2.64. The molecule has 2 N–H and O–H groups in total. The lowest BCUT2D eigenvalue weighted by Crippen LogP contribution is -2.13. The summed E-state index contributed by atoms with van der Waals surface area (Å²) in [6.07, 6.45) is 3.04. The summed E-state index contributed by atoms with van der Waals surface area (Å²) >= 11 is 0. The normalized spacial score (nSPS) is 10.6. The molecule has 0 spiro atoms. The predicted molar refractivity (Wildman–Crippen MR) is 105 cm³/mol. The number of para-hydroxylation sites is 1. The number of benzene rings is 2. The van der Waals surface area contributed by atoms with Crippen LogP contribution in [0.25, 0.3) is 0 Å². The molecule has 3 rings (SSSR count). The van der Waals surface area contributed by atoms with Crippen LogP contribution < -0.4 is 10.6 Å². The Morgan fingerprint density at radius 3 is 2.23 bits per heavy atom. The van der Waals surface area contributed by atoms with Crippen molar-refractivity contribution in [2.75, 3.05) is 10.6 Å². The fourth-order valence-corrected chi connectivity index (χ4v) is 2.50. The zero-order chi connectivity index (χ0) is 18.5. The summed E-state index contributed by atoms with van der Waals surface area (Å²) in [4.78, 5) is 20.8. The van der Waals surface area contributed by atoms with E-state index < -0.39 is 0 Å². The first-order valence-electron chi connectivity index (χ1n) is 8.59. The molecule has 2 aromatic carbocycles. The van der Waals surface area contributed by atoms with Gasteiger partial charge in [-0.2, -0.15) is 0 Å². The molecule has 0 atom stereocenters. The molecule has 0 bridgehead atoms. The minimum Gasteiger partial charge on any atom is -0.324 e. The first kappa shape index (κ1) is 17.6. The molecule has 0 unspecified atom stereocenters. The molecule has 0 saturated carbocycles.